The lowest BCUT2D eigenvalue weighted by molar-refractivity contribution is -0.127. The third-order valence-electron chi connectivity index (χ3n) is 4.16. The normalized spacial score (nSPS) is 16.1. The van der Waals surface area contributed by atoms with Crippen LogP contribution in [0.25, 0.3) is 0 Å². The summed E-state index contributed by atoms with van der Waals surface area (Å²) in [5, 5.41) is 6.86. The molecule has 1 N–H and O–H groups in total. The lowest BCUT2D eigenvalue weighted by Crippen LogP contribution is -2.54. The average molecular weight is 413 g/mol. The maximum absolute atomic E-state index is 12.6. The van der Waals surface area contributed by atoms with Crippen LogP contribution in [0.3, 0.4) is 0 Å². The molecule has 1 aliphatic heterocycles. The zero-order valence-corrected chi connectivity index (χ0v) is 17.4. The van der Waals surface area contributed by atoms with Crippen LogP contribution in [-0.2, 0) is 20.6 Å². The van der Waals surface area contributed by atoms with Crippen LogP contribution in [0.15, 0.2) is 34.0 Å². The summed E-state index contributed by atoms with van der Waals surface area (Å²) in [7, 11) is -0.113. The van der Waals surface area contributed by atoms with Crippen molar-refractivity contribution in [1.82, 2.24) is 24.6 Å². The topological polar surface area (TPSA) is 111 Å². The Balaban J connectivity index is 2.00. The number of hydrogen-bond acceptors (Lipinski definition) is 6. The molecule has 0 saturated carbocycles. The van der Waals surface area contributed by atoms with Gasteiger partial charge in [-0.2, -0.15) is 4.31 Å². The van der Waals surface area contributed by atoms with Crippen LogP contribution in [0.1, 0.15) is 12.6 Å². The van der Waals surface area contributed by atoms with E-state index in [0.29, 0.717) is 44.4 Å². The number of nitrogens with zero attached hydrogens (tertiary/aromatic N) is 5. The fourth-order valence-electron chi connectivity index (χ4n) is 2.55. The highest BCUT2D eigenvalue weighted by molar-refractivity contribution is 7.88. The molecule has 1 aliphatic rings. The second-order valence-corrected chi connectivity index (χ2v) is 8.84. The molecular weight excluding hydrogens is 384 g/mol. The minimum absolute atomic E-state index is 0.0240. The van der Waals surface area contributed by atoms with Crippen molar-refractivity contribution in [3.8, 4) is 0 Å². The minimum atomic E-state index is -3.47. The quantitative estimate of drug-likeness (QED) is 0.373. The number of likely N-dealkylation sites (N-methyl/N-ethyl adjacent to an activating group) is 1. The molecule has 0 unspecified atom stereocenters. The van der Waals surface area contributed by atoms with Crippen LogP contribution in [-0.4, -0.2) is 92.9 Å². The summed E-state index contributed by atoms with van der Waals surface area (Å²) >= 11 is 0. The van der Waals surface area contributed by atoms with Gasteiger partial charge in [0.05, 0.1) is 5.69 Å². The summed E-state index contributed by atoms with van der Waals surface area (Å²) in [6.45, 7) is 7.90. The number of carbonyl (C=O) groups excluding carboxylic acids is 1. The number of sulfonamides is 1. The van der Waals surface area contributed by atoms with Crippen LogP contribution in [0.5, 0.6) is 0 Å². The number of hydrogen-bond donors (Lipinski definition) is 1. The molecule has 10 nitrogen and oxygen atoms in total. The highest BCUT2D eigenvalue weighted by Gasteiger charge is 2.29. The van der Waals surface area contributed by atoms with Gasteiger partial charge < -0.3 is 19.6 Å². The van der Waals surface area contributed by atoms with Crippen molar-refractivity contribution in [2.75, 3.05) is 53.4 Å². The zero-order valence-electron chi connectivity index (χ0n) is 16.6. The molecule has 1 fully saturated rings. The van der Waals surface area contributed by atoms with Gasteiger partial charge in [-0.05, 0) is 6.92 Å². The Kier molecular flexibility index (Phi) is 7.58. The molecule has 156 valence electrons. The van der Waals surface area contributed by atoms with Gasteiger partial charge in [-0.25, -0.2) is 13.4 Å². The molecule has 0 bridgehead atoms. The molecule has 2 heterocycles. The first-order chi connectivity index (χ1) is 13.2. The third-order valence-corrected chi connectivity index (χ3v) is 5.98. The number of amides is 1. The van der Waals surface area contributed by atoms with E-state index in [9.17, 15) is 13.2 Å². The summed E-state index contributed by atoms with van der Waals surface area (Å²) in [6.07, 6.45) is 1.35. The number of rotatable bonds is 7. The van der Waals surface area contributed by atoms with Gasteiger partial charge in [0.15, 0.2) is 5.96 Å². The van der Waals surface area contributed by atoms with E-state index >= 15 is 0 Å². The summed E-state index contributed by atoms with van der Waals surface area (Å²) in [5.74, 6) is 0.283. The van der Waals surface area contributed by atoms with Crippen molar-refractivity contribution in [3.05, 3.63) is 30.2 Å². The molecule has 0 aliphatic carbocycles. The number of guanidine groups is 1. The van der Waals surface area contributed by atoms with Gasteiger partial charge in [-0.3, -0.25) is 4.79 Å². The largest absolute Gasteiger partial charge is 0.364 e. The summed E-state index contributed by atoms with van der Waals surface area (Å²) in [4.78, 5) is 19.7. The van der Waals surface area contributed by atoms with E-state index in [1.165, 1.54) is 15.5 Å². The fourth-order valence-corrected chi connectivity index (χ4v) is 3.97. The molecule has 1 amide bonds. The van der Waals surface area contributed by atoms with Gasteiger partial charge in [0.1, 0.15) is 18.6 Å². The number of piperazine rings is 1. The molecule has 1 aromatic heterocycles. The number of aliphatic imine (C=N–C) groups is 1. The molecule has 0 aromatic carbocycles. The molecule has 1 saturated heterocycles. The monoisotopic (exact) mass is 412 g/mol. The van der Waals surface area contributed by atoms with Crippen molar-refractivity contribution in [2.24, 2.45) is 4.99 Å². The van der Waals surface area contributed by atoms with Crippen LogP contribution in [0.4, 0.5) is 0 Å². The average Bonchev–Trinajstić information content (AvgIpc) is 3.13. The first kappa shape index (κ1) is 21.9. The van der Waals surface area contributed by atoms with Crippen molar-refractivity contribution in [3.63, 3.8) is 0 Å². The fraction of sp³-hybridized carbons (Fsp3) is 0.588. The van der Waals surface area contributed by atoms with Crippen LogP contribution >= 0.6 is 0 Å². The maximum Gasteiger partial charge on any atom is 0.243 e. The van der Waals surface area contributed by atoms with Crippen LogP contribution < -0.4 is 5.32 Å². The highest BCUT2D eigenvalue weighted by Crippen LogP contribution is 2.13. The molecular formula is C17H28N6O4S. The minimum Gasteiger partial charge on any atom is -0.364 e. The lowest BCUT2D eigenvalue weighted by atomic mass is 10.3. The Morgan fingerprint density at radius 1 is 1.36 bits per heavy atom. The van der Waals surface area contributed by atoms with Crippen LogP contribution in [0.2, 0.25) is 0 Å². The Hall–Kier alpha value is -2.40. The van der Waals surface area contributed by atoms with E-state index in [4.69, 9.17) is 4.52 Å². The molecule has 11 heteroatoms. The van der Waals surface area contributed by atoms with Gasteiger partial charge >= 0.3 is 0 Å². The van der Waals surface area contributed by atoms with Gasteiger partial charge in [-0.15, -0.1) is 0 Å². The van der Waals surface area contributed by atoms with E-state index in [0.717, 1.165) is 5.57 Å². The lowest BCUT2D eigenvalue weighted by Gasteiger charge is -2.36. The molecule has 2 rings (SSSR count). The zero-order chi connectivity index (χ0) is 20.7. The number of carbonyl (C=O) groups is 1. The van der Waals surface area contributed by atoms with Gasteiger partial charge in [0, 0.05) is 52.9 Å². The Morgan fingerprint density at radius 3 is 2.57 bits per heavy atom. The maximum atomic E-state index is 12.6. The first-order valence-corrected chi connectivity index (χ1v) is 10.5. The Morgan fingerprint density at radius 2 is 2.04 bits per heavy atom. The molecule has 28 heavy (non-hydrogen) atoms. The first-order valence-electron chi connectivity index (χ1n) is 8.94. The Labute approximate surface area is 165 Å². The van der Waals surface area contributed by atoms with Crippen molar-refractivity contribution < 1.29 is 17.7 Å². The van der Waals surface area contributed by atoms with E-state index in [-0.39, 0.29) is 18.2 Å². The van der Waals surface area contributed by atoms with Crippen molar-refractivity contribution in [1.29, 1.82) is 0 Å². The third kappa shape index (κ3) is 6.34. The molecule has 0 atom stereocenters. The van der Waals surface area contributed by atoms with E-state index < -0.39 is 10.0 Å². The summed E-state index contributed by atoms with van der Waals surface area (Å²) in [6, 6.07) is 1.54. The summed E-state index contributed by atoms with van der Waals surface area (Å²) in [5.41, 5.74) is 1.32. The van der Waals surface area contributed by atoms with E-state index in [1.54, 1.807) is 20.2 Å². The number of aromatic nitrogens is 1. The van der Waals surface area contributed by atoms with Gasteiger partial charge in [0.25, 0.3) is 0 Å². The Bertz CT molecular complexity index is 796. The SMILES string of the molecule is C=C(C)CNC(=NCC(=O)N(C)C)N1CCN(S(=O)(=O)Cc2ccon2)CC1. The predicted octanol–water partition coefficient (Wildman–Crippen LogP) is -0.268. The molecule has 1 aromatic rings. The van der Waals surface area contributed by atoms with Gasteiger partial charge in [0.2, 0.25) is 15.9 Å². The highest BCUT2D eigenvalue weighted by atomic mass is 32.2. The van der Waals surface area contributed by atoms with Crippen molar-refractivity contribution >= 4 is 21.9 Å². The van der Waals surface area contributed by atoms with Gasteiger partial charge in [-0.1, -0.05) is 17.3 Å². The standard InChI is InChI=1S/C17H28N6O4S/c1-14(2)11-18-17(19-12-16(24)21(3)4)22-6-8-23(9-7-22)28(25,26)13-15-5-10-27-20-15/h5,10H,1,6-9,11-13H2,2-4H3,(H,18,19). The van der Waals surface area contributed by atoms with E-state index in [1.807, 2.05) is 11.8 Å². The summed E-state index contributed by atoms with van der Waals surface area (Å²) < 4.78 is 31.3. The number of nitrogens with one attached hydrogen (secondary N) is 1. The second kappa shape index (κ2) is 9.69. The molecule has 0 spiro atoms. The molecule has 0 radical (unpaired) electrons. The second-order valence-electron chi connectivity index (χ2n) is 6.87. The van der Waals surface area contributed by atoms with E-state index in [2.05, 4.69) is 22.0 Å². The predicted molar refractivity (Wildman–Crippen MR) is 106 cm³/mol. The smallest absolute Gasteiger partial charge is 0.243 e. The van der Waals surface area contributed by atoms with Crippen molar-refractivity contribution in [2.45, 2.75) is 12.7 Å². The van der Waals surface area contributed by atoms with Crippen LogP contribution in [0, 0.1) is 0 Å².